The monoisotopic (exact) mass is 310 g/mol. The lowest BCUT2D eigenvalue weighted by molar-refractivity contribution is 0.0706. The van der Waals surface area contributed by atoms with Gasteiger partial charge >= 0.3 is 0 Å². The molecule has 0 bridgehead atoms. The fourth-order valence-corrected chi connectivity index (χ4v) is 2.57. The third kappa shape index (κ3) is 2.70. The molecule has 0 atom stereocenters. The SMILES string of the molecule is N#CC1CCN(C(=O)c2ccc(F)cc2Br)CC1. The maximum atomic E-state index is 13.0. The van der Waals surface area contributed by atoms with Gasteiger partial charge in [-0.05, 0) is 47.0 Å². The number of piperidine rings is 1. The Bertz CT molecular complexity index is 504. The summed E-state index contributed by atoms with van der Waals surface area (Å²) in [5, 5.41) is 8.80. The summed E-state index contributed by atoms with van der Waals surface area (Å²) in [6.07, 6.45) is 1.42. The van der Waals surface area contributed by atoms with E-state index in [4.69, 9.17) is 5.26 Å². The fraction of sp³-hybridized carbons (Fsp3) is 0.385. The van der Waals surface area contributed by atoms with Crippen LogP contribution in [0.4, 0.5) is 4.39 Å². The number of rotatable bonds is 1. The van der Waals surface area contributed by atoms with Gasteiger partial charge in [-0.2, -0.15) is 5.26 Å². The number of hydrogen-bond acceptors (Lipinski definition) is 2. The Balaban J connectivity index is 2.11. The van der Waals surface area contributed by atoms with Gasteiger partial charge < -0.3 is 4.90 Å². The second kappa shape index (κ2) is 5.49. The molecule has 1 aliphatic heterocycles. The number of amides is 1. The summed E-state index contributed by atoms with van der Waals surface area (Å²) >= 11 is 3.20. The van der Waals surface area contributed by atoms with E-state index in [9.17, 15) is 9.18 Å². The molecule has 3 nitrogen and oxygen atoms in total. The Kier molecular flexibility index (Phi) is 3.97. The molecule has 0 saturated carbocycles. The summed E-state index contributed by atoms with van der Waals surface area (Å²) in [7, 11) is 0. The zero-order chi connectivity index (χ0) is 13.1. The Labute approximate surface area is 113 Å². The highest BCUT2D eigenvalue weighted by atomic mass is 79.9. The molecule has 0 aliphatic carbocycles. The molecule has 18 heavy (non-hydrogen) atoms. The molecule has 0 N–H and O–H groups in total. The van der Waals surface area contributed by atoms with Crippen LogP contribution in [0.3, 0.4) is 0 Å². The van der Waals surface area contributed by atoms with Crippen molar-refractivity contribution in [2.45, 2.75) is 12.8 Å². The van der Waals surface area contributed by atoms with Crippen molar-refractivity contribution in [3.63, 3.8) is 0 Å². The molecule has 2 rings (SSSR count). The number of nitrogens with zero attached hydrogens (tertiary/aromatic N) is 2. The third-order valence-corrected chi connectivity index (χ3v) is 3.78. The first kappa shape index (κ1) is 13.0. The van der Waals surface area contributed by atoms with E-state index in [0.29, 0.717) is 36.0 Å². The first-order valence-electron chi connectivity index (χ1n) is 5.75. The second-order valence-corrected chi connectivity index (χ2v) is 5.17. The van der Waals surface area contributed by atoms with Crippen molar-refractivity contribution in [2.75, 3.05) is 13.1 Å². The molecular formula is C13H12BrFN2O. The van der Waals surface area contributed by atoms with E-state index in [2.05, 4.69) is 22.0 Å². The van der Waals surface area contributed by atoms with Crippen LogP contribution in [0.5, 0.6) is 0 Å². The molecule has 0 spiro atoms. The van der Waals surface area contributed by atoms with Crippen LogP contribution in [-0.2, 0) is 0 Å². The highest BCUT2D eigenvalue weighted by Crippen LogP contribution is 2.23. The van der Waals surface area contributed by atoms with Gasteiger partial charge in [-0.15, -0.1) is 0 Å². The van der Waals surface area contributed by atoms with Gasteiger partial charge in [0.1, 0.15) is 5.82 Å². The lowest BCUT2D eigenvalue weighted by Crippen LogP contribution is -2.38. The van der Waals surface area contributed by atoms with Crippen molar-refractivity contribution < 1.29 is 9.18 Å². The highest BCUT2D eigenvalue weighted by molar-refractivity contribution is 9.10. The predicted molar refractivity (Wildman–Crippen MR) is 68.3 cm³/mol. The van der Waals surface area contributed by atoms with Crippen LogP contribution in [0.25, 0.3) is 0 Å². The van der Waals surface area contributed by atoms with Crippen molar-refractivity contribution in [3.8, 4) is 6.07 Å². The van der Waals surface area contributed by atoms with Crippen LogP contribution < -0.4 is 0 Å². The number of nitriles is 1. The minimum absolute atomic E-state index is 0.0470. The summed E-state index contributed by atoms with van der Waals surface area (Å²) in [6.45, 7) is 1.17. The van der Waals surface area contributed by atoms with Gasteiger partial charge in [0.05, 0.1) is 11.6 Å². The van der Waals surface area contributed by atoms with E-state index in [1.807, 2.05) is 0 Å². The van der Waals surface area contributed by atoms with E-state index in [1.165, 1.54) is 18.2 Å². The van der Waals surface area contributed by atoms with Gasteiger partial charge in [0.2, 0.25) is 0 Å². The number of halogens is 2. The van der Waals surface area contributed by atoms with Crippen molar-refractivity contribution in [3.05, 3.63) is 34.1 Å². The lowest BCUT2D eigenvalue weighted by atomic mass is 9.98. The summed E-state index contributed by atoms with van der Waals surface area (Å²) in [5.74, 6) is -0.439. The van der Waals surface area contributed by atoms with Crippen molar-refractivity contribution in [2.24, 2.45) is 5.92 Å². The average molecular weight is 311 g/mol. The Morgan fingerprint density at radius 3 is 2.67 bits per heavy atom. The van der Waals surface area contributed by atoms with Gasteiger partial charge in [-0.3, -0.25) is 4.79 Å². The van der Waals surface area contributed by atoms with Crippen molar-refractivity contribution in [1.82, 2.24) is 4.90 Å². The fourth-order valence-electron chi connectivity index (χ4n) is 2.04. The summed E-state index contributed by atoms with van der Waals surface area (Å²) in [4.78, 5) is 13.9. The molecule has 1 heterocycles. The molecule has 1 amide bonds. The number of hydrogen-bond donors (Lipinski definition) is 0. The summed E-state index contributed by atoms with van der Waals surface area (Å²) < 4.78 is 13.4. The maximum Gasteiger partial charge on any atom is 0.255 e. The third-order valence-electron chi connectivity index (χ3n) is 3.13. The van der Waals surface area contributed by atoms with E-state index >= 15 is 0 Å². The number of likely N-dealkylation sites (tertiary alicyclic amines) is 1. The van der Waals surface area contributed by atoms with Crippen LogP contribution in [-0.4, -0.2) is 23.9 Å². The first-order chi connectivity index (χ1) is 8.61. The average Bonchev–Trinajstić information content (AvgIpc) is 2.38. The molecule has 0 unspecified atom stereocenters. The van der Waals surface area contributed by atoms with E-state index in [-0.39, 0.29) is 17.6 Å². The predicted octanol–water partition coefficient (Wildman–Crippen LogP) is 2.96. The maximum absolute atomic E-state index is 13.0. The zero-order valence-electron chi connectivity index (χ0n) is 9.70. The standard InChI is InChI=1S/C13H12BrFN2O/c14-12-7-10(15)1-2-11(12)13(18)17-5-3-9(8-16)4-6-17/h1-2,7,9H,3-6H2. The van der Waals surface area contributed by atoms with Gasteiger partial charge in [-0.1, -0.05) is 0 Å². The second-order valence-electron chi connectivity index (χ2n) is 4.32. The molecule has 94 valence electrons. The van der Waals surface area contributed by atoms with Crippen LogP contribution in [0.1, 0.15) is 23.2 Å². The Morgan fingerprint density at radius 2 is 2.11 bits per heavy atom. The minimum atomic E-state index is -0.374. The van der Waals surface area contributed by atoms with Gasteiger partial charge in [0, 0.05) is 23.5 Å². The molecule has 0 radical (unpaired) electrons. The lowest BCUT2D eigenvalue weighted by Gasteiger charge is -2.29. The zero-order valence-corrected chi connectivity index (χ0v) is 11.3. The summed E-state index contributed by atoms with van der Waals surface area (Å²) in [6, 6.07) is 6.27. The first-order valence-corrected chi connectivity index (χ1v) is 6.55. The summed E-state index contributed by atoms with van der Waals surface area (Å²) in [5.41, 5.74) is 0.465. The minimum Gasteiger partial charge on any atom is -0.339 e. The van der Waals surface area contributed by atoms with Crippen LogP contribution in [0, 0.1) is 23.1 Å². The molecule has 5 heteroatoms. The molecule has 1 aliphatic rings. The largest absolute Gasteiger partial charge is 0.339 e. The molecule has 1 saturated heterocycles. The topological polar surface area (TPSA) is 44.1 Å². The molecule has 1 aromatic carbocycles. The van der Waals surface area contributed by atoms with Gasteiger partial charge in [0.25, 0.3) is 5.91 Å². The number of benzene rings is 1. The Hall–Kier alpha value is -1.41. The highest BCUT2D eigenvalue weighted by Gasteiger charge is 2.24. The molecule has 1 fully saturated rings. The smallest absolute Gasteiger partial charge is 0.255 e. The number of carbonyl (C=O) groups is 1. The van der Waals surface area contributed by atoms with Gasteiger partial charge in [-0.25, -0.2) is 4.39 Å². The van der Waals surface area contributed by atoms with E-state index in [1.54, 1.807) is 4.90 Å². The molecule has 0 aromatic heterocycles. The normalized spacial score (nSPS) is 16.4. The van der Waals surface area contributed by atoms with Crippen LogP contribution in [0.2, 0.25) is 0 Å². The van der Waals surface area contributed by atoms with E-state index in [0.717, 1.165) is 0 Å². The van der Waals surface area contributed by atoms with Crippen LogP contribution in [0.15, 0.2) is 22.7 Å². The van der Waals surface area contributed by atoms with Crippen molar-refractivity contribution in [1.29, 1.82) is 5.26 Å². The molecule has 1 aromatic rings. The quantitative estimate of drug-likeness (QED) is 0.800. The molecular weight excluding hydrogens is 299 g/mol. The Morgan fingerprint density at radius 1 is 1.44 bits per heavy atom. The van der Waals surface area contributed by atoms with Crippen molar-refractivity contribution >= 4 is 21.8 Å². The van der Waals surface area contributed by atoms with Gasteiger partial charge in [0.15, 0.2) is 0 Å². The van der Waals surface area contributed by atoms with E-state index < -0.39 is 0 Å². The van der Waals surface area contributed by atoms with Crippen LogP contribution >= 0.6 is 15.9 Å². The number of carbonyl (C=O) groups excluding carboxylic acids is 1.